The molecule has 0 saturated carbocycles. The Kier molecular flexibility index (Phi) is 7.88. The third-order valence-electron chi connectivity index (χ3n) is 5.20. The maximum atomic E-state index is 10.8. The van der Waals surface area contributed by atoms with Gasteiger partial charge in [-0.15, -0.1) is 0 Å². The molecule has 0 fully saturated rings. The van der Waals surface area contributed by atoms with Crippen LogP contribution in [0.1, 0.15) is 49.0 Å². The first-order chi connectivity index (χ1) is 15.5. The van der Waals surface area contributed by atoms with Crippen LogP contribution < -0.4 is 9.47 Å². The minimum atomic E-state index is -1.01. The summed E-state index contributed by atoms with van der Waals surface area (Å²) in [5.74, 6) is 0.245. The fraction of sp³-hybridized carbons (Fsp3) is 0.259. The van der Waals surface area contributed by atoms with E-state index in [1.807, 2.05) is 49.4 Å². The number of carbonyl (C=O) groups is 1. The minimum Gasteiger partial charge on any atom is -0.486 e. The molecule has 0 saturated heterocycles. The minimum absolute atomic E-state index is 0.113. The van der Waals surface area contributed by atoms with E-state index in [2.05, 4.69) is 31.2 Å². The average molecular weight is 430 g/mol. The molecule has 3 rings (SSSR count). The van der Waals surface area contributed by atoms with Crippen molar-refractivity contribution in [1.82, 2.24) is 0 Å². The van der Waals surface area contributed by atoms with Crippen molar-refractivity contribution in [2.24, 2.45) is 0 Å². The highest BCUT2D eigenvalue weighted by atomic mass is 16.5. The number of unbranched alkanes of at least 4 members (excludes halogenated alkanes) is 1. The van der Waals surface area contributed by atoms with Crippen molar-refractivity contribution >= 4 is 5.97 Å². The van der Waals surface area contributed by atoms with Crippen LogP contribution in [0.15, 0.2) is 66.7 Å². The van der Waals surface area contributed by atoms with Gasteiger partial charge in [0.1, 0.15) is 17.6 Å². The Hall–Kier alpha value is -3.78. The first-order valence-corrected chi connectivity index (χ1v) is 10.7. The summed E-state index contributed by atoms with van der Waals surface area (Å²) in [7, 11) is 0. The quantitative estimate of drug-likeness (QED) is 0.409. The molecule has 3 aromatic carbocycles. The number of nitrogens with zero attached hydrogens (tertiary/aromatic N) is 1. The van der Waals surface area contributed by atoms with Crippen LogP contribution in [0, 0.1) is 18.3 Å². The summed E-state index contributed by atoms with van der Waals surface area (Å²) in [6.45, 7) is 3.65. The average Bonchev–Trinajstić information content (AvgIpc) is 2.81. The van der Waals surface area contributed by atoms with Gasteiger partial charge in [0.2, 0.25) is 0 Å². The van der Waals surface area contributed by atoms with Gasteiger partial charge in [-0.2, -0.15) is 5.26 Å². The lowest BCUT2D eigenvalue weighted by Gasteiger charge is -2.21. The van der Waals surface area contributed by atoms with E-state index in [0.717, 1.165) is 47.3 Å². The van der Waals surface area contributed by atoms with Gasteiger partial charge < -0.3 is 14.6 Å². The number of benzene rings is 3. The molecule has 164 valence electrons. The smallest absolute Gasteiger partial charge is 0.341 e. The molecule has 5 heteroatoms. The highest BCUT2D eigenvalue weighted by molar-refractivity contribution is 5.68. The molecule has 0 amide bonds. The normalized spacial score (nSPS) is 11.4. The van der Waals surface area contributed by atoms with Gasteiger partial charge in [-0.3, -0.25) is 0 Å². The number of carboxylic acids is 1. The Morgan fingerprint density at radius 2 is 1.84 bits per heavy atom. The maximum absolute atomic E-state index is 10.8. The molecule has 0 radical (unpaired) electrons. The fourth-order valence-electron chi connectivity index (χ4n) is 3.50. The molecule has 32 heavy (non-hydrogen) atoms. The maximum Gasteiger partial charge on any atom is 0.341 e. The van der Waals surface area contributed by atoms with Crippen LogP contribution >= 0.6 is 0 Å². The van der Waals surface area contributed by atoms with Crippen LogP contribution in [-0.4, -0.2) is 17.7 Å². The zero-order valence-electron chi connectivity index (χ0n) is 18.4. The molecule has 0 bridgehead atoms. The summed E-state index contributed by atoms with van der Waals surface area (Å²) >= 11 is 0. The third kappa shape index (κ3) is 6.12. The summed E-state index contributed by atoms with van der Waals surface area (Å²) in [5.41, 5.74) is 4.68. The summed E-state index contributed by atoms with van der Waals surface area (Å²) in [4.78, 5) is 10.8. The fourth-order valence-corrected chi connectivity index (χ4v) is 3.50. The lowest BCUT2D eigenvalue weighted by atomic mass is 9.97. The van der Waals surface area contributed by atoms with E-state index in [-0.39, 0.29) is 12.7 Å². The van der Waals surface area contributed by atoms with Crippen LogP contribution in [0.5, 0.6) is 11.5 Å². The van der Waals surface area contributed by atoms with E-state index in [9.17, 15) is 4.79 Å². The van der Waals surface area contributed by atoms with Gasteiger partial charge in [0.05, 0.1) is 11.6 Å². The van der Waals surface area contributed by atoms with Crippen molar-refractivity contribution in [1.29, 1.82) is 5.26 Å². The van der Waals surface area contributed by atoms with Crippen LogP contribution in [-0.2, 0) is 4.79 Å². The standard InChI is InChI=1S/C27H27NO4/c1-3-4-8-26(32-24-13-14-25(19(2)15-24)31-18-27(29)30)23-7-5-6-22(16-23)21-11-9-20(17-28)10-12-21/h5-7,9-16,26H,3-4,8,18H2,1-2H3,(H,29,30). The second-order valence-electron chi connectivity index (χ2n) is 7.67. The summed E-state index contributed by atoms with van der Waals surface area (Å²) in [5, 5.41) is 17.8. The van der Waals surface area contributed by atoms with Gasteiger partial charge in [-0.1, -0.05) is 43.7 Å². The summed E-state index contributed by atoms with van der Waals surface area (Å²) in [6.07, 6.45) is 2.86. The Morgan fingerprint density at radius 3 is 2.50 bits per heavy atom. The summed E-state index contributed by atoms with van der Waals surface area (Å²) in [6, 6.07) is 23.4. The first-order valence-electron chi connectivity index (χ1n) is 10.7. The van der Waals surface area contributed by atoms with Gasteiger partial charge >= 0.3 is 5.97 Å². The number of hydrogen-bond acceptors (Lipinski definition) is 4. The van der Waals surface area contributed by atoms with Gasteiger partial charge in [-0.05, 0) is 78.4 Å². The van der Waals surface area contributed by atoms with E-state index in [0.29, 0.717) is 11.3 Å². The predicted molar refractivity (Wildman–Crippen MR) is 124 cm³/mol. The van der Waals surface area contributed by atoms with Crippen molar-refractivity contribution in [3.63, 3.8) is 0 Å². The van der Waals surface area contributed by atoms with Gasteiger partial charge in [0.15, 0.2) is 6.61 Å². The van der Waals surface area contributed by atoms with E-state index in [1.165, 1.54) is 0 Å². The Bertz CT molecular complexity index is 1100. The van der Waals surface area contributed by atoms with Gasteiger partial charge in [-0.25, -0.2) is 4.79 Å². The molecular weight excluding hydrogens is 402 g/mol. The van der Waals surface area contributed by atoms with Crippen LogP contribution in [0.2, 0.25) is 0 Å². The molecule has 0 spiro atoms. The molecule has 1 unspecified atom stereocenters. The molecule has 0 aromatic heterocycles. The van der Waals surface area contributed by atoms with Crippen molar-refractivity contribution in [3.05, 3.63) is 83.4 Å². The lowest BCUT2D eigenvalue weighted by Crippen LogP contribution is -2.10. The van der Waals surface area contributed by atoms with E-state index < -0.39 is 5.97 Å². The molecule has 5 nitrogen and oxygen atoms in total. The van der Waals surface area contributed by atoms with E-state index >= 15 is 0 Å². The highest BCUT2D eigenvalue weighted by Gasteiger charge is 2.15. The monoisotopic (exact) mass is 429 g/mol. The topological polar surface area (TPSA) is 79.6 Å². The molecule has 3 aromatic rings. The van der Waals surface area contributed by atoms with E-state index in [4.69, 9.17) is 19.8 Å². The van der Waals surface area contributed by atoms with Crippen molar-refractivity contribution in [2.75, 3.05) is 6.61 Å². The first kappa shape index (κ1) is 22.9. The van der Waals surface area contributed by atoms with Crippen LogP contribution in [0.3, 0.4) is 0 Å². The van der Waals surface area contributed by atoms with Gasteiger partial charge in [0.25, 0.3) is 0 Å². The lowest BCUT2D eigenvalue weighted by molar-refractivity contribution is -0.139. The number of rotatable bonds is 10. The second kappa shape index (κ2) is 11.0. The summed E-state index contributed by atoms with van der Waals surface area (Å²) < 4.78 is 11.7. The molecule has 0 aliphatic rings. The zero-order chi connectivity index (χ0) is 22.9. The van der Waals surface area contributed by atoms with Crippen molar-refractivity contribution < 1.29 is 19.4 Å². The third-order valence-corrected chi connectivity index (χ3v) is 5.20. The molecule has 0 heterocycles. The van der Waals surface area contributed by atoms with Crippen LogP contribution in [0.25, 0.3) is 11.1 Å². The largest absolute Gasteiger partial charge is 0.486 e. The van der Waals surface area contributed by atoms with Gasteiger partial charge in [0, 0.05) is 0 Å². The van der Waals surface area contributed by atoms with Crippen molar-refractivity contribution in [3.8, 4) is 28.7 Å². The number of aryl methyl sites for hydroxylation is 1. The highest BCUT2D eigenvalue weighted by Crippen LogP contribution is 2.32. The Balaban J connectivity index is 1.83. The molecular formula is C27H27NO4. The van der Waals surface area contributed by atoms with Crippen molar-refractivity contribution in [2.45, 2.75) is 39.2 Å². The van der Waals surface area contributed by atoms with E-state index in [1.54, 1.807) is 6.07 Å². The van der Waals surface area contributed by atoms with Crippen LogP contribution in [0.4, 0.5) is 0 Å². The Morgan fingerprint density at radius 1 is 1.06 bits per heavy atom. The molecule has 0 aliphatic heterocycles. The molecule has 1 N–H and O–H groups in total. The number of nitriles is 1. The number of hydrogen-bond donors (Lipinski definition) is 1. The number of carboxylic acid groups (broad SMARTS) is 1. The molecule has 1 atom stereocenters. The number of aliphatic carboxylic acids is 1. The zero-order valence-corrected chi connectivity index (χ0v) is 18.4. The second-order valence-corrected chi connectivity index (χ2v) is 7.67. The number of ether oxygens (including phenoxy) is 2. The molecule has 0 aliphatic carbocycles. The predicted octanol–water partition coefficient (Wildman–Crippen LogP) is 6.31. The SMILES string of the molecule is CCCCC(Oc1ccc(OCC(=O)O)c(C)c1)c1cccc(-c2ccc(C#N)cc2)c1. The Labute approximate surface area is 188 Å².